The number of hydrogen-bond donors (Lipinski definition) is 1. The van der Waals surface area contributed by atoms with E-state index >= 15 is 0 Å². The van der Waals surface area contributed by atoms with Crippen LogP contribution in [0.4, 0.5) is 5.69 Å². The summed E-state index contributed by atoms with van der Waals surface area (Å²) in [6.45, 7) is 3.76. The largest absolute Gasteiger partial charge is 0.349 e. The maximum Gasteiger partial charge on any atom is 0.270 e. The van der Waals surface area contributed by atoms with Crippen LogP contribution in [0.3, 0.4) is 0 Å². The number of nitro benzene ring substituents is 1. The smallest absolute Gasteiger partial charge is 0.270 e. The van der Waals surface area contributed by atoms with Crippen molar-refractivity contribution in [1.82, 2.24) is 5.32 Å². The van der Waals surface area contributed by atoms with Crippen LogP contribution in [0.1, 0.15) is 10.4 Å². The minimum absolute atomic E-state index is 0.0516. The van der Waals surface area contributed by atoms with Crippen LogP contribution in [-0.2, 0) is 0 Å². The number of nitro groups is 1. The van der Waals surface area contributed by atoms with E-state index < -0.39 is 4.92 Å². The van der Waals surface area contributed by atoms with Crippen molar-refractivity contribution in [2.24, 2.45) is 0 Å². The highest BCUT2D eigenvalue weighted by molar-refractivity contribution is 6.34. The fourth-order valence-electron chi connectivity index (χ4n) is 1.06. The lowest BCUT2D eigenvalue weighted by Crippen LogP contribution is -2.23. The van der Waals surface area contributed by atoms with E-state index in [4.69, 9.17) is 11.6 Å². The second kappa shape index (κ2) is 5.27. The van der Waals surface area contributed by atoms with E-state index in [1.807, 2.05) is 0 Å². The summed E-state index contributed by atoms with van der Waals surface area (Å²) in [6.07, 6.45) is 1.52. The maximum atomic E-state index is 11.5. The highest BCUT2D eigenvalue weighted by atomic mass is 35.5. The number of rotatable bonds is 4. The van der Waals surface area contributed by atoms with E-state index in [0.717, 1.165) is 6.07 Å². The molecule has 1 aromatic rings. The first-order valence-corrected chi connectivity index (χ1v) is 4.77. The predicted molar refractivity (Wildman–Crippen MR) is 60.6 cm³/mol. The summed E-state index contributed by atoms with van der Waals surface area (Å²) in [7, 11) is 0. The number of carbonyl (C=O) groups excluding carboxylic acids is 1. The molecule has 1 aromatic carbocycles. The molecule has 84 valence electrons. The molecule has 16 heavy (non-hydrogen) atoms. The number of nitrogens with zero attached hydrogens (tertiary/aromatic N) is 1. The zero-order chi connectivity index (χ0) is 12.1. The number of halogens is 1. The third kappa shape index (κ3) is 2.80. The van der Waals surface area contributed by atoms with Crippen molar-refractivity contribution in [2.45, 2.75) is 0 Å². The van der Waals surface area contributed by atoms with Crippen LogP contribution in [0.25, 0.3) is 0 Å². The first-order chi connectivity index (χ1) is 7.56. The van der Waals surface area contributed by atoms with Crippen LogP contribution in [0, 0.1) is 10.1 Å². The fraction of sp³-hybridized carbons (Fsp3) is 0.100. The monoisotopic (exact) mass is 240 g/mol. The van der Waals surface area contributed by atoms with Gasteiger partial charge in [0, 0.05) is 18.7 Å². The van der Waals surface area contributed by atoms with Gasteiger partial charge in [0.05, 0.1) is 15.5 Å². The van der Waals surface area contributed by atoms with Crippen molar-refractivity contribution in [2.75, 3.05) is 6.54 Å². The first-order valence-electron chi connectivity index (χ1n) is 4.39. The number of non-ortho nitro benzene ring substituents is 1. The van der Waals surface area contributed by atoms with E-state index in [0.29, 0.717) is 6.54 Å². The Labute approximate surface area is 96.9 Å². The van der Waals surface area contributed by atoms with E-state index in [1.54, 1.807) is 0 Å². The molecule has 0 aliphatic carbocycles. The van der Waals surface area contributed by atoms with Gasteiger partial charge in [-0.3, -0.25) is 14.9 Å². The zero-order valence-electron chi connectivity index (χ0n) is 8.27. The van der Waals surface area contributed by atoms with E-state index in [-0.39, 0.29) is 22.2 Å². The molecule has 0 saturated heterocycles. The Balaban J connectivity index is 2.94. The standard InChI is InChI=1S/C10H9ClN2O3/c1-2-5-12-10(14)8-4-3-7(13(15)16)6-9(8)11/h2-4,6H,1,5H2,(H,12,14). The third-order valence-corrected chi connectivity index (χ3v) is 2.13. The van der Waals surface area contributed by atoms with E-state index in [1.165, 1.54) is 18.2 Å². The van der Waals surface area contributed by atoms with Gasteiger partial charge in [0.2, 0.25) is 0 Å². The van der Waals surface area contributed by atoms with Crippen LogP contribution in [-0.4, -0.2) is 17.4 Å². The lowest BCUT2D eigenvalue weighted by Gasteiger charge is -2.03. The van der Waals surface area contributed by atoms with Gasteiger partial charge in [-0.05, 0) is 6.07 Å². The van der Waals surface area contributed by atoms with Crippen LogP contribution in [0.2, 0.25) is 5.02 Å². The molecule has 1 amide bonds. The molecular weight excluding hydrogens is 232 g/mol. The molecule has 6 heteroatoms. The Bertz CT molecular complexity index is 446. The lowest BCUT2D eigenvalue weighted by molar-refractivity contribution is -0.384. The van der Waals surface area contributed by atoms with Gasteiger partial charge in [-0.25, -0.2) is 0 Å². The molecule has 0 unspecified atom stereocenters. The summed E-state index contributed by atoms with van der Waals surface area (Å²) in [5.41, 5.74) is 0.0550. The average Bonchev–Trinajstić information content (AvgIpc) is 2.25. The van der Waals surface area contributed by atoms with Gasteiger partial charge in [0.1, 0.15) is 0 Å². The zero-order valence-corrected chi connectivity index (χ0v) is 9.03. The molecule has 1 rings (SSSR count). The van der Waals surface area contributed by atoms with Crippen molar-refractivity contribution in [3.05, 3.63) is 51.6 Å². The van der Waals surface area contributed by atoms with Gasteiger partial charge in [-0.15, -0.1) is 6.58 Å². The normalized spacial score (nSPS) is 9.56. The van der Waals surface area contributed by atoms with Crippen LogP contribution in [0.15, 0.2) is 30.9 Å². The summed E-state index contributed by atoms with van der Waals surface area (Å²) in [4.78, 5) is 21.4. The summed E-state index contributed by atoms with van der Waals surface area (Å²) < 4.78 is 0. The van der Waals surface area contributed by atoms with Crippen molar-refractivity contribution < 1.29 is 9.72 Å². The fourth-order valence-corrected chi connectivity index (χ4v) is 1.32. The van der Waals surface area contributed by atoms with E-state index in [9.17, 15) is 14.9 Å². The molecule has 5 nitrogen and oxygen atoms in total. The molecule has 0 saturated carbocycles. The molecule has 1 N–H and O–H groups in total. The number of hydrogen-bond acceptors (Lipinski definition) is 3. The quantitative estimate of drug-likeness (QED) is 0.498. The van der Waals surface area contributed by atoms with Gasteiger partial charge in [-0.2, -0.15) is 0 Å². The van der Waals surface area contributed by atoms with Gasteiger partial charge in [0.15, 0.2) is 0 Å². The Morgan fingerprint density at radius 2 is 2.31 bits per heavy atom. The van der Waals surface area contributed by atoms with Gasteiger partial charge >= 0.3 is 0 Å². The lowest BCUT2D eigenvalue weighted by atomic mass is 10.2. The number of benzene rings is 1. The second-order valence-electron chi connectivity index (χ2n) is 2.92. The highest BCUT2D eigenvalue weighted by Crippen LogP contribution is 2.22. The van der Waals surface area contributed by atoms with Crippen molar-refractivity contribution in [1.29, 1.82) is 0 Å². The average molecular weight is 241 g/mol. The minimum Gasteiger partial charge on any atom is -0.349 e. The molecule has 0 bridgehead atoms. The SMILES string of the molecule is C=CCNC(=O)c1ccc([N+](=O)[O-])cc1Cl. The molecule has 0 aromatic heterocycles. The highest BCUT2D eigenvalue weighted by Gasteiger charge is 2.13. The summed E-state index contributed by atoms with van der Waals surface area (Å²) in [5.74, 6) is -0.389. The Morgan fingerprint density at radius 3 is 2.81 bits per heavy atom. The van der Waals surface area contributed by atoms with Crippen molar-refractivity contribution in [3.8, 4) is 0 Å². The Morgan fingerprint density at radius 1 is 1.62 bits per heavy atom. The molecule has 0 atom stereocenters. The molecule has 0 heterocycles. The molecule has 0 aliphatic rings. The Hall–Kier alpha value is -1.88. The first kappa shape index (κ1) is 12.2. The molecular formula is C10H9ClN2O3. The van der Waals surface area contributed by atoms with Gasteiger partial charge in [-0.1, -0.05) is 17.7 Å². The topological polar surface area (TPSA) is 72.2 Å². The van der Waals surface area contributed by atoms with Gasteiger partial charge in [0.25, 0.3) is 11.6 Å². The number of amides is 1. The number of nitrogens with one attached hydrogen (secondary N) is 1. The Kier molecular flexibility index (Phi) is 4.02. The predicted octanol–water partition coefficient (Wildman–Crippen LogP) is 2.16. The summed E-state index contributed by atoms with van der Waals surface area (Å²) in [5, 5.41) is 13.0. The minimum atomic E-state index is -0.572. The maximum absolute atomic E-state index is 11.5. The third-order valence-electron chi connectivity index (χ3n) is 1.82. The molecule has 0 aliphatic heterocycles. The summed E-state index contributed by atoms with van der Waals surface area (Å²) >= 11 is 5.76. The number of carbonyl (C=O) groups is 1. The van der Waals surface area contributed by atoms with Crippen molar-refractivity contribution in [3.63, 3.8) is 0 Å². The van der Waals surface area contributed by atoms with Crippen molar-refractivity contribution >= 4 is 23.2 Å². The summed E-state index contributed by atoms with van der Waals surface area (Å²) in [6, 6.07) is 3.69. The molecule has 0 radical (unpaired) electrons. The van der Waals surface area contributed by atoms with Crippen LogP contribution < -0.4 is 5.32 Å². The molecule has 0 fully saturated rings. The molecule has 0 spiro atoms. The van der Waals surface area contributed by atoms with Gasteiger partial charge < -0.3 is 5.32 Å². The van der Waals surface area contributed by atoms with Crippen LogP contribution in [0.5, 0.6) is 0 Å². The van der Waals surface area contributed by atoms with E-state index in [2.05, 4.69) is 11.9 Å². The van der Waals surface area contributed by atoms with Crippen LogP contribution >= 0.6 is 11.6 Å². The second-order valence-corrected chi connectivity index (χ2v) is 3.33.